The van der Waals surface area contributed by atoms with Crippen molar-refractivity contribution >= 4 is 5.91 Å². The van der Waals surface area contributed by atoms with Gasteiger partial charge in [-0.2, -0.15) is 0 Å². The zero-order chi connectivity index (χ0) is 12.8. The van der Waals surface area contributed by atoms with Gasteiger partial charge in [0.15, 0.2) is 0 Å². The maximum Gasteiger partial charge on any atom is 0.216 e. The van der Waals surface area contributed by atoms with Gasteiger partial charge < -0.3 is 9.88 Å². The minimum Gasteiger partial charge on any atom is -0.356 e. The summed E-state index contributed by atoms with van der Waals surface area (Å²) in [6.07, 6.45) is 6.37. The van der Waals surface area contributed by atoms with Gasteiger partial charge in [0.1, 0.15) is 0 Å². The minimum atomic E-state index is 0.0284. The van der Waals surface area contributed by atoms with Crippen molar-refractivity contribution in [1.82, 2.24) is 14.9 Å². The lowest BCUT2D eigenvalue weighted by Crippen LogP contribution is -2.21. The Hall–Kier alpha value is -1.32. The predicted molar refractivity (Wildman–Crippen MR) is 68.2 cm³/mol. The van der Waals surface area contributed by atoms with Gasteiger partial charge in [0, 0.05) is 32.4 Å². The van der Waals surface area contributed by atoms with Crippen LogP contribution >= 0.6 is 0 Å². The molecule has 4 heteroatoms. The van der Waals surface area contributed by atoms with Crippen molar-refractivity contribution < 1.29 is 4.79 Å². The fourth-order valence-electron chi connectivity index (χ4n) is 0.945. The summed E-state index contributed by atoms with van der Waals surface area (Å²) in [6.45, 7) is 11.2. The van der Waals surface area contributed by atoms with Crippen LogP contribution < -0.4 is 5.32 Å². The smallest absolute Gasteiger partial charge is 0.216 e. The lowest BCUT2D eigenvalue weighted by Gasteiger charge is -2.02. The molecule has 0 aliphatic carbocycles. The SMILES string of the molecule is CC.CC.CC(=O)NCCCn1ccnc1. The van der Waals surface area contributed by atoms with E-state index in [9.17, 15) is 4.79 Å². The van der Waals surface area contributed by atoms with Crippen molar-refractivity contribution in [3.8, 4) is 0 Å². The first-order chi connectivity index (χ1) is 7.79. The van der Waals surface area contributed by atoms with Crippen LogP contribution in [0.3, 0.4) is 0 Å². The van der Waals surface area contributed by atoms with Crippen molar-refractivity contribution in [2.45, 2.75) is 47.6 Å². The first-order valence-corrected chi connectivity index (χ1v) is 5.99. The highest BCUT2D eigenvalue weighted by atomic mass is 16.1. The van der Waals surface area contributed by atoms with Crippen molar-refractivity contribution in [3.05, 3.63) is 18.7 Å². The van der Waals surface area contributed by atoms with E-state index in [0.29, 0.717) is 0 Å². The summed E-state index contributed by atoms with van der Waals surface area (Å²) in [4.78, 5) is 14.4. The molecule has 1 rings (SSSR count). The fourth-order valence-corrected chi connectivity index (χ4v) is 0.945. The third-order valence-electron chi connectivity index (χ3n) is 1.53. The molecule has 1 heterocycles. The van der Waals surface area contributed by atoms with E-state index in [0.717, 1.165) is 19.5 Å². The molecule has 0 atom stereocenters. The summed E-state index contributed by atoms with van der Waals surface area (Å²) in [7, 11) is 0. The van der Waals surface area contributed by atoms with E-state index in [2.05, 4.69) is 10.3 Å². The van der Waals surface area contributed by atoms with Crippen LogP contribution in [0.1, 0.15) is 41.0 Å². The largest absolute Gasteiger partial charge is 0.356 e. The summed E-state index contributed by atoms with van der Waals surface area (Å²) >= 11 is 0. The van der Waals surface area contributed by atoms with Crippen LogP contribution in [0.5, 0.6) is 0 Å². The van der Waals surface area contributed by atoms with Crippen molar-refractivity contribution in [2.24, 2.45) is 0 Å². The Balaban J connectivity index is 0. The molecule has 0 aromatic carbocycles. The molecule has 0 aliphatic rings. The van der Waals surface area contributed by atoms with E-state index in [-0.39, 0.29) is 5.91 Å². The van der Waals surface area contributed by atoms with E-state index >= 15 is 0 Å². The van der Waals surface area contributed by atoms with Crippen molar-refractivity contribution in [2.75, 3.05) is 6.54 Å². The number of hydrogen-bond donors (Lipinski definition) is 1. The summed E-state index contributed by atoms with van der Waals surface area (Å²) in [5, 5.41) is 2.74. The molecule has 0 spiro atoms. The van der Waals surface area contributed by atoms with E-state index in [4.69, 9.17) is 0 Å². The average molecular weight is 227 g/mol. The molecule has 0 aliphatic heterocycles. The van der Waals surface area contributed by atoms with Gasteiger partial charge in [-0.1, -0.05) is 27.7 Å². The van der Waals surface area contributed by atoms with Crippen LogP contribution in [0.15, 0.2) is 18.7 Å². The first kappa shape index (κ1) is 17.1. The molecular weight excluding hydrogens is 202 g/mol. The van der Waals surface area contributed by atoms with Gasteiger partial charge in [0.25, 0.3) is 0 Å². The first-order valence-electron chi connectivity index (χ1n) is 5.99. The quantitative estimate of drug-likeness (QED) is 0.803. The second kappa shape index (κ2) is 13.7. The highest BCUT2D eigenvalue weighted by Crippen LogP contribution is 1.88. The fraction of sp³-hybridized carbons (Fsp3) is 0.667. The minimum absolute atomic E-state index is 0.0284. The molecule has 0 saturated carbocycles. The Bertz CT molecular complexity index is 232. The lowest BCUT2D eigenvalue weighted by atomic mass is 10.4. The number of rotatable bonds is 4. The molecule has 4 nitrogen and oxygen atoms in total. The number of amides is 1. The van der Waals surface area contributed by atoms with Gasteiger partial charge in [-0.05, 0) is 6.42 Å². The van der Waals surface area contributed by atoms with Gasteiger partial charge in [-0.3, -0.25) is 4.79 Å². The molecule has 1 aromatic heterocycles. The van der Waals surface area contributed by atoms with Crippen LogP contribution in [0.25, 0.3) is 0 Å². The van der Waals surface area contributed by atoms with Crippen LogP contribution in [0, 0.1) is 0 Å². The number of carbonyl (C=O) groups excluding carboxylic acids is 1. The number of nitrogens with zero attached hydrogens (tertiary/aromatic N) is 2. The van der Waals surface area contributed by atoms with E-state index < -0.39 is 0 Å². The molecule has 1 amide bonds. The number of nitrogens with one attached hydrogen (secondary N) is 1. The molecule has 94 valence electrons. The highest BCUT2D eigenvalue weighted by molar-refractivity contribution is 5.72. The number of aromatic nitrogens is 2. The van der Waals surface area contributed by atoms with Gasteiger partial charge in [0.05, 0.1) is 6.33 Å². The Morgan fingerprint density at radius 2 is 1.94 bits per heavy atom. The lowest BCUT2D eigenvalue weighted by molar-refractivity contribution is -0.118. The molecule has 1 aromatic rings. The van der Waals surface area contributed by atoms with Crippen LogP contribution in [0.4, 0.5) is 0 Å². The van der Waals surface area contributed by atoms with E-state index in [1.807, 2.05) is 38.5 Å². The molecule has 0 radical (unpaired) electrons. The summed E-state index contributed by atoms with van der Waals surface area (Å²) in [6, 6.07) is 0. The molecule has 16 heavy (non-hydrogen) atoms. The third-order valence-corrected chi connectivity index (χ3v) is 1.53. The number of hydrogen-bond acceptors (Lipinski definition) is 2. The van der Waals surface area contributed by atoms with Crippen molar-refractivity contribution in [1.29, 1.82) is 0 Å². The van der Waals surface area contributed by atoms with Gasteiger partial charge in [-0.15, -0.1) is 0 Å². The van der Waals surface area contributed by atoms with E-state index in [1.54, 1.807) is 12.5 Å². The molecule has 1 N–H and O–H groups in total. The maximum absolute atomic E-state index is 10.5. The Kier molecular flexibility index (Phi) is 14.6. The molecule has 0 bridgehead atoms. The number of imidazole rings is 1. The second-order valence-corrected chi connectivity index (χ2v) is 2.64. The average Bonchev–Trinajstić information content (AvgIpc) is 2.83. The predicted octanol–water partition coefficient (Wildman–Crippen LogP) is 2.46. The normalized spacial score (nSPS) is 8.06. The highest BCUT2D eigenvalue weighted by Gasteiger charge is 1.91. The molecule has 0 fully saturated rings. The zero-order valence-electron chi connectivity index (χ0n) is 11.2. The van der Waals surface area contributed by atoms with Gasteiger partial charge >= 0.3 is 0 Å². The number of carbonyl (C=O) groups is 1. The second-order valence-electron chi connectivity index (χ2n) is 2.64. The van der Waals surface area contributed by atoms with Crippen LogP contribution in [0.2, 0.25) is 0 Å². The number of aryl methyl sites for hydroxylation is 1. The Labute approximate surface area is 99.1 Å². The van der Waals surface area contributed by atoms with Crippen molar-refractivity contribution in [3.63, 3.8) is 0 Å². The molecular formula is C12H25N3O. The maximum atomic E-state index is 10.5. The third kappa shape index (κ3) is 10.8. The van der Waals surface area contributed by atoms with Gasteiger partial charge in [0.2, 0.25) is 5.91 Å². The Morgan fingerprint density at radius 1 is 1.31 bits per heavy atom. The van der Waals surface area contributed by atoms with Crippen LogP contribution in [-0.4, -0.2) is 22.0 Å². The summed E-state index contributed by atoms with van der Waals surface area (Å²) in [5.74, 6) is 0.0284. The van der Waals surface area contributed by atoms with Gasteiger partial charge in [-0.25, -0.2) is 4.98 Å². The zero-order valence-corrected chi connectivity index (χ0v) is 11.2. The van der Waals surface area contributed by atoms with E-state index in [1.165, 1.54) is 6.92 Å². The molecule has 0 unspecified atom stereocenters. The standard InChI is InChI=1S/C8H13N3O.2C2H6/c1-8(12)10-3-2-5-11-6-4-9-7-11;2*1-2/h4,6-7H,2-3,5H2,1H3,(H,10,12);2*1-2H3. The van der Waals surface area contributed by atoms with Crippen LogP contribution in [-0.2, 0) is 11.3 Å². The topological polar surface area (TPSA) is 46.9 Å². The Morgan fingerprint density at radius 3 is 2.38 bits per heavy atom. The summed E-state index contributed by atoms with van der Waals surface area (Å²) < 4.78 is 1.99. The summed E-state index contributed by atoms with van der Waals surface area (Å²) in [5.41, 5.74) is 0. The monoisotopic (exact) mass is 227 g/mol. The molecule has 0 saturated heterocycles.